The van der Waals surface area contributed by atoms with Gasteiger partial charge in [-0.1, -0.05) is 0 Å². The molecule has 2 heterocycles. The Hall–Kier alpha value is -0.160. The van der Waals surface area contributed by atoms with Crippen molar-refractivity contribution in [1.82, 2.24) is 5.32 Å². The number of hydrogen-bond donors (Lipinski definition) is 3. The van der Waals surface area contributed by atoms with Gasteiger partial charge in [0.1, 0.15) is 5.60 Å². The van der Waals surface area contributed by atoms with Gasteiger partial charge in [-0.05, 0) is 19.4 Å². The van der Waals surface area contributed by atoms with E-state index in [1.54, 1.807) is 0 Å². The van der Waals surface area contributed by atoms with E-state index < -0.39 is 5.60 Å². The highest BCUT2D eigenvalue weighted by molar-refractivity contribution is 5.05. The Kier molecular flexibility index (Phi) is 2.32. The summed E-state index contributed by atoms with van der Waals surface area (Å²) in [5.74, 6) is 0. The zero-order valence-electron chi connectivity index (χ0n) is 7.75. The summed E-state index contributed by atoms with van der Waals surface area (Å²) in [6.07, 6.45) is 1.90. The van der Waals surface area contributed by atoms with Gasteiger partial charge in [0.15, 0.2) is 0 Å². The van der Waals surface area contributed by atoms with E-state index in [4.69, 9.17) is 4.74 Å². The minimum Gasteiger partial charge on any atom is -0.396 e. The van der Waals surface area contributed by atoms with Crippen LogP contribution in [0.25, 0.3) is 0 Å². The van der Waals surface area contributed by atoms with Crippen LogP contribution in [0, 0.1) is 5.41 Å². The second kappa shape index (κ2) is 3.20. The zero-order chi connectivity index (χ0) is 9.36. The van der Waals surface area contributed by atoms with Gasteiger partial charge < -0.3 is 20.3 Å². The second-order valence-corrected chi connectivity index (χ2v) is 4.24. The van der Waals surface area contributed by atoms with Crippen LogP contribution >= 0.6 is 0 Å². The molecule has 1 unspecified atom stereocenters. The molecule has 0 aromatic rings. The molecule has 4 heteroatoms. The Balaban J connectivity index is 2.12. The van der Waals surface area contributed by atoms with Crippen molar-refractivity contribution in [3.05, 3.63) is 0 Å². The third-order valence-electron chi connectivity index (χ3n) is 3.44. The van der Waals surface area contributed by atoms with Crippen LogP contribution in [-0.4, -0.2) is 48.7 Å². The van der Waals surface area contributed by atoms with Gasteiger partial charge in [0.05, 0.1) is 19.8 Å². The lowest BCUT2D eigenvalue weighted by Gasteiger charge is -2.52. The van der Waals surface area contributed by atoms with Gasteiger partial charge in [-0.15, -0.1) is 0 Å². The molecule has 3 N–H and O–H groups in total. The first kappa shape index (κ1) is 9.40. The molecule has 2 rings (SSSR count). The van der Waals surface area contributed by atoms with Crippen molar-refractivity contribution in [2.45, 2.75) is 18.4 Å². The normalized spacial score (nSPS) is 38.3. The van der Waals surface area contributed by atoms with Crippen LogP contribution in [0.2, 0.25) is 0 Å². The number of nitrogens with one attached hydrogen (secondary N) is 1. The summed E-state index contributed by atoms with van der Waals surface area (Å²) in [6.45, 7) is 2.46. The maximum Gasteiger partial charge on any atom is 0.120 e. The zero-order valence-corrected chi connectivity index (χ0v) is 7.75. The molecule has 0 aromatic carbocycles. The lowest BCUT2D eigenvalue weighted by atomic mass is 9.66. The fraction of sp³-hybridized carbons (Fsp3) is 1.00. The van der Waals surface area contributed by atoms with Crippen LogP contribution in [0.3, 0.4) is 0 Å². The molecular weight excluding hydrogens is 170 g/mol. The topological polar surface area (TPSA) is 61.7 Å². The van der Waals surface area contributed by atoms with E-state index in [1.807, 2.05) is 0 Å². The predicted octanol–water partition coefficient (Wildman–Crippen LogP) is -0.890. The van der Waals surface area contributed by atoms with Crippen LogP contribution in [0.15, 0.2) is 0 Å². The Morgan fingerprint density at radius 2 is 2.15 bits per heavy atom. The molecule has 0 bridgehead atoms. The van der Waals surface area contributed by atoms with Crippen LogP contribution in [0.4, 0.5) is 0 Å². The summed E-state index contributed by atoms with van der Waals surface area (Å²) >= 11 is 0. The molecule has 0 saturated carbocycles. The first-order valence-electron chi connectivity index (χ1n) is 4.84. The number of piperidine rings is 1. The third-order valence-corrected chi connectivity index (χ3v) is 3.44. The molecule has 2 aliphatic rings. The van der Waals surface area contributed by atoms with Crippen molar-refractivity contribution >= 4 is 0 Å². The van der Waals surface area contributed by atoms with E-state index in [0.717, 1.165) is 19.4 Å². The summed E-state index contributed by atoms with van der Waals surface area (Å²) in [5, 5.41) is 22.8. The summed E-state index contributed by atoms with van der Waals surface area (Å²) in [7, 11) is 0. The number of hydrogen-bond acceptors (Lipinski definition) is 4. The lowest BCUT2D eigenvalue weighted by molar-refractivity contribution is -0.253. The van der Waals surface area contributed by atoms with Crippen molar-refractivity contribution in [1.29, 1.82) is 0 Å². The first-order valence-corrected chi connectivity index (χ1v) is 4.84. The van der Waals surface area contributed by atoms with E-state index in [0.29, 0.717) is 19.8 Å². The molecule has 4 nitrogen and oxygen atoms in total. The summed E-state index contributed by atoms with van der Waals surface area (Å²) in [4.78, 5) is 0. The van der Waals surface area contributed by atoms with Gasteiger partial charge >= 0.3 is 0 Å². The van der Waals surface area contributed by atoms with Crippen LogP contribution < -0.4 is 5.32 Å². The molecule has 2 fully saturated rings. The van der Waals surface area contributed by atoms with Gasteiger partial charge in [0.25, 0.3) is 0 Å². The van der Waals surface area contributed by atoms with E-state index in [2.05, 4.69) is 5.32 Å². The minimum atomic E-state index is -0.796. The van der Waals surface area contributed by atoms with Gasteiger partial charge in [0.2, 0.25) is 0 Å². The number of aliphatic hydroxyl groups excluding tert-OH is 1. The van der Waals surface area contributed by atoms with Crippen LogP contribution in [0.5, 0.6) is 0 Å². The Bertz CT molecular complexity index is 185. The average Bonchev–Trinajstić information content (AvgIpc) is 2.15. The maximum absolute atomic E-state index is 10.2. The summed E-state index contributed by atoms with van der Waals surface area (Å²) < 4.78 is 5.03. The maximum atomic E-state index is 10.2. The monoisotopic (exact) mass is 187 g/mol. The van der Waals surface area contributed by atoms with E-state index >= 15 is 0 Å². The smallest absolute Gasteiger partial charge is 0.120 e. The molecule has 1 atom stereocenters. The van der Waals surface area contributed by atoms with Crippen molar-refractivity contribution < 1.29 is 14.9 Å². The molecule has 13 heavy (non-hydrogen) atoms. The number of aliphatic hydroxyl groups is 2. The first-order chi connectivity index (χ1) is 6.22. The van der Waals surface area contributed by atoms with Crippen molar-refractivity contribution in [3.63, 3.8) is 0 Å². The van der Waals surface area contributed by atoms with Gasteiger partial charge in [-0.2, -0.15) is 0 Å². The average molecular weight is 187 g/mol. The highest BCUT2D eigenvalue weighted by Gasteiger charge is 2.55. The van der Waals surface area contributed by atoms with E-state index in [9.17, 15) is 10.2 Å². The Morgan fingerprint density at radius 1 is 1.38 bits per heavy atom. The lowest BCUT2D eigenvalue weighted by Crippen LogP contribution is -2.67. The van der Waals surface area contributed by atoms with Crippen molar-refractivity contribution in [2.75, 3.05) is 32.9 Å². The van der Waals surface area contributed by atoms with Gasteiger partial charge in [-0.3, -0.25) is 0 Å². The minimum absolute atomic E-state index is 0.0415. The number of rotatable bonds is 2. The van der Waals surface area contributed by atoms with E-state index in [1.165, 1.54) is 0 Å². The van der Waals surface area contributed by atoms with Gasteiger partial charge in [-0.25, -0.2) is 0 Å². The van der Waals surface area contributed by atoms with E-state index in [-0.39, 0.29) is 12.0 Å². The molecule has 2 aliphatic heterocycles. The van der Waals surface area contributed by atoms with Crippen molar-refractivity contribution in [2.24, 2.45) is 5.41 Å². The summed E-state index contributed by atoms with van der Waals surface area (Å²) in [6, 6.07) is 0. The molecule has 0 spiro atoms. The third kappa shape index (κ3) is 1.29. The number of ether oxygens (including phenoxy) is 1. The molecule has 76 valence electrons. The van der Waals surface area contributed by atoms with Crippen LogP contribution in [0.1, 0.15) is 12.8 Å². The molecule has 0 aromatic heterocycles. The predicted molar refractivity (Wildman–Crippen MR) is 47.4 cm³/mol. The van der Waals surface area contributed by atoms with Crippen LogP contribution in [-0.2, 0) is 4.74 Å². The largest absolute Gasteiger partial charge is 0.396 e. The Labute approximate surface area is 77.9 Å². The van der Waals surface area contributed by atoms with Crippen molar-refractivity contribution in [3.8, 4) is 0 Å². The highest BCUT2D eigenvalue weighted by Crippen LogP contribution is 2.41. The highest BCUT2D eigenvalue weighted by atomic mass is 16.5. The second-order valence-electron chi connectivity index (χ2n) is 4.24. The SMILES string of the molecule is OCC1(C2(O)COC2)CCCNC1. The molecule has 0 aliphatic carbocycles. The summed E-state index contributed by atoms with van der Waals surface area (Å²) in [5.41, 5.74) is -1.17. The fourth-order valence-corrected chi connectivity index (χ4v) is 2.25. The Morgan fingerprint density at radius 3 is 2.54 bits per heavy atom. The molecular formula is C9H17NO3. The molecule has 2 saturated heterocycles. The standard InChI is InChI=1S/C9H17NO3/c11-5-8(2-1-3-10-4-8)9(12)6-13-7-9/h10-12H,1-7H2. The van der Waals surface area contributed by atoms with Gasteiger partial charge in [0, 0.05) is 12.0 Å². The molecule has 0 amide bonds. The molecule has 0 radical (unpaired) electrons. The quantitative estimate of drug-likeness (QED) is 0.525. The fourth-order valence-electron chi connectivity index (χ4n) is 2.25.